The lowest BCUT2D eigenvalue weighted by Gasteiger charge is -2.09. The van der Waals surface area contributed by atoms with Crippen molar-refractivity contribution in [3.63, 3.8) is 0 Å². The molecule has 180 valence electrons. The van der Waals surface area contributed by atoms with E-state index in [1.54, 1.807) is 0 Å². The summed E-state index contributed by atoms with van der Waals surface area (Å²) in [5.74, 6) is 1.94. The van der Waals surface area contributed by atoms with Gasteiger partial charge < -0.3 is 4.42 Å². The molecule has 0 saturated heterocycles. The summed E-state index contributed by atoms with van der Waals surface area (Å²) in [6, 6.07) is 36.6. The molecule has 5 heteroatoms. The molecular weight excluding hydrogens is 468 g/mol. The van der Waals surface area contributed by atoms with E-state index in [0.29, 0.717) is 17.5 Å². The van der Waals surface area contributed by atoms with Crippen LogP contribution >= 0.6 is 0 Å². The van der Waals surface area contributed by atoms with Crippen molar-refractivity contribution in [2.45, 2.75) is 6.92 Å². The highest BCUT2D eigenvalue weighted by atomic mass is 16.3. The van der Waals surface area contributed by atoms with Crippen molar-refractivity contribution in [1.29, 1.82) is 0 Å². The lowest BCUT2D eigenvalue weighted by Crippen LogP contribution is -2.00. The van der Waals surface area contributed by atoms with E-state index >= 15 is 0 Å². The third-order valence-electron chi connectivity index (χ3n) is 6.62. The molecule has 0 spiro atoms. The van der Waals surface area contributed by atoms with Gasteiger partial charge >= 0.3 is 0 Å². The molecule has 0 amide bonds. The van der Waals surface area contributed by atoms with E-state index in [0.717, 1.165) is 55.4 Å². The minimum atomic E-state index is 0.639. The van der Waals surface area contributed by atoms with Crippen LogP contribution in [0, 0.1) is 6.92 Å². The third-order valence-corrected chi connectivity index (χ3v) is 6.62. The number of hydrogen-bond acceptors (Lipinski definition) is 5. The summed E-state index contributed by atoms with van der Waals surface area (Å²) in [5, 5.41) is 1.01. The molecule has 0 N–H and O–H groups in total. The monoisotopic (exact) mass is 490 g/mol. The predicted octanol–water partition coefficient (Wildman–Crippen LogP) is 8.14. The van der Waals surface area contributed by atoms with Gasteiger partial charge in [-0.2, -0.15) is 0 Å². The Morgan fingerprint density at radius 3 is 1.63 bits per heavy atom. The molecule has 3 heterocycles. The van der Waals surface area contributed by atoms with Crippen LogP contribution in [0.3, 0.4) is 0 Å². The Morgan fingerprint density at radius 2 is 1.03 bits per heavy atom. The molecule has 0 aliphatic carbocycles. The van der Waals surface area contributed by atoms with Crippen LogP contribution < -0.4 is 0 Å². The van der Waals surface area contributed by atoms with E-state index in [2.05, 4.69) is 41.4 Å². The molecule has 0 aliphatic rings. The second-order valence-electron chi connectivity index (χ2n) is 9.29. The molecule has 7 rings (SSSR count). The van der Waals surface area contributed by atoms with Crippen molar-refractivity contribution in [2.75, 3.05) is 0 Å². The Labute approximate surface area is 219 Å². The maximum absolute atomic E-state index is 6.01. The van der Waals surface area contributed by atoms with Crippen LogP contribution in [-0.4, -0.2) is 19.9 Å². The van der Waals surface area contributed by atoms with E-state index < -0.39 is 0 Å². The van der Waals surface area contributed by atoms with Gasteiger partial charge in [-0.1, -0.05) is 91.0 Å². The largest absolute Gasteiger partial charge is 0.454 e. The zero-order valence-corrected chi connectivity index (χ0v) is 20.7. The zero-order valence-electron chi connectivity index (χ0n) is 20.7. The Kier molecular flexibility index (Phi) is 5.26. The maximum atomic E-state index is 6.01. The van der Waals surface area contributed by atoms with Gasteiger partial charge in [0.25, 0.3) is 0 Å². The number of benzene rings is 4. The number of pyridine rings is 1. The summed E-state index contributed by atoms with van der Waals surface area (Å²) in [7, 11) is 0. The fourth-order valence-corrected chi connectivity index (χ4v) is 4.67. The van der Waals surface area contributed by atoms with Crippen LogP contribution in [0.1, 0.15) is 5.56 Å². The molecule has 3 aromatic heterocycles. The molecule has 0 fully saturated rings. The van der Waals surface area contributed by atoms with Gasteiger partial charge in [-0.15, -0.1) is 0 Å². The van der Waals surface area contributed by atoms with Crippen LogP contribution in [0.5, 0.6) is 0 Å². The van der Waals surface area contributed by atoms with E-state index in [9.17, 15) is 0 Å². The highest BCUT2D eigenvalue weighted by Gasteiger charge is 2.13. The first-order chi connectivity index (χ1) is 18.7. The van der Waals surface area contributed by atoms with Gasteiger partial charge in [0, 0.05) is 28.3 Å². The first-order valence-corrected chi connectivity index (χ1v) is 12.5. The average molecular weight is 491 g/mol. The lowest BCUT2D eigenvalue weighted by atomic mass is 10.0. The molecule has 5 nitrogen and oxygen atoms in total. The first kappa shape index (κ1) is 22.1. The quantitative estimate of drug-likeness (QED) is 0.249. The van der Waals surface area contributed by atoms with Gasteiger partial charge in [0.1, 0.15) is 11.1 Å². The maximum Gasteiger partial charge on any atom is 0.164 e. The summed E-state index contributed by atoms with van der Waals surface area (Å²) in [6.07, 6.45) is 1.88. The number of rotatable bonds is 4. The van der Waals surface area contributed by atoms with Gasteiger partial charge in [0.05, 0.1) is 0 Å². The predicted molar refractivity (Wildman–Crippen MR) is 151 cm³/mol. The van der Waals surface area contributed by atoms with E-state index in [4.69, 9.17) is 19.4 Å². The fraction of sp³-hybridized carbons (Fsp3) is 0.0303. The second-order valence-corrected chi connectivity index (χ2v) is 9.29. The normalized spacial score (nSPS) is 11.3. The first-order valence-electron chi connectivity index (χ1n) is 12.5. The molecule has 0 saturated carbocycles. The molecule has 0 radical (unpaired) electrons. The van der Waals surface area contributed by atoms with Crippen molar-refractivity contribution >= 4 is 22.1 Å². The van der Waals surface area contributed by atoms with Crippen LogP contribution in [0.2, 0.25) is 0 Å². The van der Waals surface area contributed by atoms with Crippen LogP contribution in [0.15, 0.2) is 120 Å². The minimum Gasteiger partial charge on any atom is -0.454 e. The van der Waals surface area contributed by atoms with Crippen LogP contribution in [0.25, 0.3) is 67.4 Å². The number of furan rings is 1. The van der Waals surface area contributed by atoms with Crippen molar-refractivity contribution < 1.29 is 4.42 Å². The summed E-state index contributed by atoms with van der Waals surface area (Å²) < 4.78 is 6.01. The van der Waals surface area contributed by atoms with E-state index in [-0.39, 0.29) is 0 Å². The Bertz CT molecular complexity index is 1850. The van der Waals surface area contributed by atoms with Crippen LogP contribution in [0.4, 0.5) is 0 Å². The Balaban J connectivity index is 1.29. The second kappa shape index (κ2) is 9.05. The smallest absolute Gasteiger partial charge is 0.164 e. The fourth-order valence-electron chi connectivity index (χ4n) is 4.67. The number of aryl methyl sites for hydroxylation is 1. The SMILES string of the molecule is Cc1cnc2c(c1)oc1ccc(-c3ccc(-c4nc(-c5ccccc5)nc(-c5ccccc5)n4)cc3)cc12. The van der Waals surface area contributed by atoms with Gasteiger partial charge in [-0.05, 0) is 41.8 Å². The topological polar surface area (TPSA) is 64.7 Å². The van der Waals surface area contributed by atoms with E-state index in [1.165, 1.54) is 0 Å². The summed E-state index contributed by atoms with van der Waals surface area (Å²) in [5.41, 5.74) is 8.64. The summed E-state index contributed by atoms with van der Waals surface area (Å²) in [6.45, 7) is 2.02. The number of fused-ring (bicyclic) bond motifs is 3. The van der Waals surface area contributed by atoms with Crippen molar-refractivity contribution in [2.24, 2.45) is 0 Å². The lowest BCUT2D eigenvalue weighted by molar-refractivity contribution is 0.667. The standard InChI is InChI=1S/C33H22N4O/c1-21-18-29-30(34-20-21)27-19-26(16-17-28(27)38-29)22-12-14-25(15-13-22)33-36-31(23-8-4-2-5-9-23)35-32(37-33)24-10-6-3-7-11-24/h2-20H,1H3. The average Bonchev–Trinajstić information content (AvgIpc) is 3.34. The van der Waals surface area contributed by atoms with Gasteiger partial charge in [0.2, 0.25) is 0 Å². The van der Waals surface area contributed by atoms with Crippen LogP contribution in [-0.2, 0) is 0 Å². The molecule has 0 bridgehead atoms. The van der Waals surface area contributed by atoms with Crippen molar-refractivity contribution in [1.82, 2.24) is 19.9 Å². The third kappa shape index (κ3) is 4.00. The van der Waals surface area contributed by atoms with Gasteiger partial charge in [0.15, 0.2) is 23.1 Å². The molecule has 7 aromatic rings. The number of hydrogen-bond donors (Lipinski definition) is 0. The summed E-state index contributed by atoms with van der Waals surface area (Å²) in [4.78, 5) is 19.1. The molecule has 0 atom stereocenters. The highest BCUT2D eigenvalue weighted by Crippen LogP contribution is 2.32. The molecule has 0 unspecified atom stereocenters. The van der Waals surface area contributed by atoms with Gasteiger partial charge in [-0.3, -0.25) is 4.98 Å². The minimum absolute atomic E-state index is 0.639. The van der Waals surface area contributed by atoms with E-state index in [1.807, 2.05) is 85.9 Å². The highest BCUT2D eigenvalue weighted by molar-refractivity contribution is 6.04. The molecular formula is C33H22N4O. The Hall–Kier alpha value is -5.16. The summed E-state index contributed by atoms with van der Waals surface area (Å²) >= 11 is 0. The molecule has 4 aromatic carbocycles. The number of nitrogens with zero attached hydrogens (tertiary/aromatic N) is 4. The van der Waals surface area contributed by atoms with Gasteiger partial charge in [-0.25, -0.2) is 15.0 Å². The zero-order chi connectivity index (χ0) is 25.5. The van der Waals surface area contributed by atoms with Crippen molar-refractivity contribution in [3.05, 3.63) is 121 Å². The molecule has 0 aliphatic heterocycles. The number of aromatic nitrogens is 4. The van der Waals surface area contributed by atoms with Crippen molar-refractivity contribution in [3.8, 4) is 45.3 Å². The molecule has 38 heavy (non-hydrogen) atoms. The Morgan fingerprint density at radius 1 is 0.500 bits per heavy atom.